The lowest BCUT2D eigenvalue weighted by atomic mass is 9.96. The zero-order valence-electron chi connectivity index (χ0n) is 20.0. The second-order valence-corrected chi connectivity index (χ2v) is 10.4. The molecule has 35 heavy (non-hydrogen) atoms. The highest BCUT2D eigenvalue weighted by atomic mass is 32.2. The largest absolute Gasteiger partial charge is 0.382 e. The summed E-state index contributed by atoms with van der Waals surface area (Å²) in [6.07, 6.45) is 0.723. The monoisotopic (exact) mass is 492 g/mol. The van der Waals surface area contributed by atoms with Crippen LogP contribution in [-0.4, -0.2) is 66.0 Å². The first kappa shape index (κ1) is 23.6. The molecule has 7 nitrogen and oxygen atoms in total. The number of benzene rings is 2. The van der Waals surface area contributed by atoms with E-state index in [0.29, 0.717) is 23.4 Å². The van der Waals surface area contributed by atoms with E-state index in [2.05, 4.69) is 31.2 Å². The lowest BCUT2D eigenvalue weighted by Crippen LogP contribution is -2.33. The Morgan fingerprint density at radius 1 is 1.09 bits per heavy atom. The summed E-state index contributed by atoms with van der Waals surface area (Å²) in [4.78, 5) is 25.3. The van der Waals surface area contributed by atoms with E-state index < -0.39 is 5.95 Å². The van der Waals surface area contributed by atoms with Crippen LogP contribution in [0.5, 0.6) is 0 Å². The van der Waals surface area contributed by atoms with Gasteiger partial charge < -0.3 is 20.9 Å². The highest BCUT2D eigenvalue weighted by molar-refractivity contribution is 7.99. The summed E-state index contributed by atoms with van der Waals surface area (Å²) >= 11 is 1.97. The van der Waals surface area contributed by atoms with Crippen LogP contribution < -0.4 is 16.0 Å². The zero-order valence-corrected chi connectivity index (χ0v) is 20.8. The quantitative estimate of drug-likeness (QED) is 0.564. The number of fused-ring (bicyclic) bond motifs is 1. The van der Waals surface area contributed by atoms with E-state index in [1.54, 1.807) is 12.1 Å². The minimum atomic E-state index is -0.693. The number of nitrogens with one attached hydrogen (secondary N) is 1. The van der Waals surface area contributed by atoms with Gasteiger partial charge in [0, 0.05) is 60.1 Å². The molecule has 1 amide bonds. The van der Waals surface area contributed by atoms with Crippen molar-refractivity contribution in [2.24, 2.45) is 0 Å². The van der Waals surface area contributed by atoms with Crippen molar-refractivity contribution < 1.29 is 9.18 Å². The third kappa shape index (κ3) is 4.83. The molecule has 3 N–H and O–H groups in total. The molecule has 1 fully saturated rings. The molecular weight excluding hydrogens is 463 g/mol. The van der Waals surface area contributed by atoms with Gasteiger partial charge >= 0.3 is 0 Å². The molecule has 2 aliphatic rings. The fourth-order valence-corrected chi connectivity index (χ4v) is 5.61. The van der Waals surface area contributed by atoms with Crippen molar-refractivity contribution in [1.29, 1.82) is 0 Å². The number of aromatic nitrogens is 2. The first-order valence-corrected chi connectivity index (χ1v) is 12.9. The van der Waals surface area contributed by atoms with Crippen LogP contribution in [0.1, 0.15) is 21.5 Å². The van der Waals surface area contributed by atoms with Gasteiger partial charge in [-0.2, -0.15) is 21.1 Å². The van der Waals surface area contributed by atoms with Gasteiger partial charge in [-0.25, -0.2) is 4.98 Å². The Labute approximate surface area is 208 Å². The summed E-state index contributed by atoms with van der Waals surface area (Å²) in [6, 6.07) is 11.5. The summed E-state index contributed by atoms with van der Waals surface area (Å²) in [5, 5.41) is 2.84. The Morgan fingerprint density at radius 2 is 1.83 bits per heavy atom. The first-order valence-electron chi connectivity index (χ1n) is 11.8. The Balaban J connectivity index is 1.56. The van der Waals surface area contributed by atoms with Crippen molar-refractivity contribution in [3.63, 3.8) is 0 Å². The molecule has 1 saturated heterocycles. The molecule has 9 heteroatoms. The number of carbonyl (C=O) groups excluding carboxylic acids is 1. The smallest absolute Gasteiger partial charge is 0.251 e. The maximum atomic E-state index is 15.1. The normalized spacial score (nSPS) is 15.8. The first-order chi connectivity index (χ1) is 16.9. The van der Waals surface area contributed by atoms with Gasteiger partial charge in [-0.3, -0.25) is 4.79 Å². The molecule has 0 radical (unpaired) electrons. The number of nitrogens with two attached hydrogens (primary N) is 1. The number of nitrogen functional groups attached to an aromatic ring is 1. The predicted molar refractivity (Wildman–Crippen MR) is 140 cm³/mol. The van der Waals surface area contributed by atoms with Gasteiger partial charge in [-0.05, 0) is 55.9 Å². The van der Waals surface area contributed by atoms with E-state index in [-0.39, 0.29) is 17.4 Å². The Hall–Kier alpha value is -3.17. The van der Waals surface area contributed by atoms with Crippen LogP contribution >= 0.6 is 11.8 Å². The number of hydrogen-bond donors (Lipinski definition) is 2. The van der Waals surface area contributed by atoms with Crippen LogP contribution in [0.4, 0.5) is 15.9 Å². The molecule has 0 atom stereocenters. The number of hydrogen-bond acceptors (Lipinski definition) is 7. The van der Waals surface area contributed by atoms with Gasteiger partial charge in [0.1, 0.15) is 11.4 Å². The summed E-state index contributed by atoms with van der Waals surface area (Å²) in [5.41, 5.74) is 12.0. The number of anilines is 2. The van der Waals surface area contributed by atoms with Crippen LogP contribution in [0.25, 0.3) is 22.5 Å². The molecule has 3 aromatic rings. The van der Waals surface area contributed by atoms with E-state index in [1.165, 1.54) is 5.69 Å². The lowest BCUT2D eigenvalue weighted by molar-refractivity contribution is 0.0946. The zero-order chi connectivity index (χ0) is 24.5. The van der Waals surface area contributed by atoms with E-state index in [0.717, 1.165) is 54.3 Å². The third-order valence-corrected chi connectivity index (χ3v) is 7.32. The lowest BCUT2D eigenvalue weighted by Gasteiger charge is -2.31. The molecule has 3 heterocycles. The highest BCUT2D eigenvalue weighted by Crippen LogP contribution is 2.33. The van der Waals surface area contributed by atoms with Gasteiger partial charge in [-0.15, -0.1) is 0 Å². The Morgan fingerprint density at radius 3 is 2.60 bits per heavy atom. The molecule has 5 rings (SSSR count). The molecule has 0 spiro atoms. The molecule has 0 unspecified atom stereocenters. The second kappa shape index (κ2) is 9.83. The number of nitrogens with zero attached hydrogens (tertiary/aromatic N) is 4. The molecule has 182 valence electrons. The van der Waals surface area contributed by atoms with Crippen molar-refractivity contribution in [2.45, 2.75) is 13.0 Å². The molecule has 0 aliphatic carbocycles. The molecule has 0 bridgehead atoms. The molecule has 0 saturated carbocycles. The fourth-order valence-electron chi connectivity index (χ4n) is 4.71. The second-order valence-electron chi connectivity index (χ2n) is 9.16. The maximum absolute atomic E-state index is 15.1. The Bertz CT molecular complexity index is 1270. The van der Waals surface area contributed by atoms with Gasteiger partial charge in [0.2, 0.25) is 5.95 Å². The van der Waals surface area contributed by atoms with Gasteiger partial charge in [0.05, 0.1) is 0 Å². The SMILES string of the molecule is CN(C)Cc1cc(-c2nc(-c3ccc4c(c3)CCNC4=O)c(N)nc2F)ccc1N1CCSCC1. The average molecular weight is 493 g/mol. The van der Waals surface area contributed by atoms with Crippen LogP contribution in [0.3, 0.4) is 0 Å². The van der Waals surface area contributed by atoms with Gasteiger partial charge in [0.15, 0.2) is 5.82 Å². The van der Waals surface area contributed by atoms with E-state index in [9.17, 15) is 4.79 Å². The number of thioether (sulfide) groups is 1. The number of amides is 1. The minimum absolute atomic E-state index is 0.0300. The molecule has 2 aliphatic heterocycles. The van der Waals surface area contributed by atoms with Gasteiger partial charge in [0.25, 0.3) is 5.91 Å². The van der Waals surface area contributed by atoms with Crippen molar-refractivity contribution in [3.05, 3.63) is 59.0 Å². The summed E-state index contributed by atoms with van der Waals surface area (Å²) in [7, 11) is 4.06. The van der Waals surface area contributed by atoms with Crippen LogP contribution in [0, 0.1) is 5.95 Å². The summed E-state index contributed by atoms with van der Waals surface area (Å²) in [6.45, 7) is 3.32. The summed E-state index contributed by atoms with van der Waals surface area (Å²) < 4.78 is 15.1. The van der Waals surface area contributed by atoms with Crippen molar-refractivity contribution in [2.75, 3.05) is 55.9 Å². The van der Waals surface area contributed by atoms with Crippen LogP contribution in [-0.2, 0) is 13.0 Å². The number of rotatable bonds is 5. The fraction of sp³-hybridized carbons (Fsp3) is 0.346. The summed E-state index contributed by atoms with van der Waals surface area (Å²) in [5.74, 6) is 1.46. The predicted octanol–water partition coefficient (Wildman–Crippen LogP) is 3.43. The van der Waals surface area contributed by atoms with E-state index in [4.69, 9.17) is 5.73 Å². The molecular formula is C26H29FN6OS. The molecule has 2 aromatic carbocycles. The highest BCUT2D eigenvalue weighted by Gasteiger charge is 2.21. The van der Waals surface area contributed by atoms with Crippen molar-refractivity contribution in [3.8, 4) is 22.5 Å². The average Bonchev–Trinajstić information content (AvgIpc) is 2.84. The van der Waals surface area contributed by atoms with E-state index >= 15 is 4.39 Å². The van der Waals surface area contributed by atoms with Crippen LogP contribution in [0.15, 0.2) is 36.4 Å². The Kier molecular flexibility index (Phi) is 6.62. The van der Waals surface area contributed by atoms with Gasteiger partial charge in [-0.1, -0.05) is 12.1 Å². The van der Waals surface area contributed by atoms with Crippen molar-refractivity contribution >= 4 is 29.2 Å². The minimum Gasteiger partial charge on any atom is -0.382 e. The third-order valence-electron chi connectivity index (χ3n) is 6.37. The number of halogens is 1. The van der Waals surface area contributed by atoms with Crippen LogP contribution in [0.2, 0.25) is 0 Å². The number of carbonyl (C=O) groups is 1. The van der Waals surface area contributed by atoms with E-state index in [1.807, 2.05) is 44.1 Å². The molecule has 1 aromatic heterocycles. The van der Waals surface area contributed by atoms with Crippen molar-refractivity contribution in [1.82, 2.24) is 20.2 Å². The standard InChI is InChI=1S/C26H29FN6OS/c1-32(2)15-19-14-17(4-6-21(19)33-9-11-35-12-10-33)22-24(27)31-25(28)23(30-22)18-3-5-20-16(13-18)7-8-29-26(20)34/h3-6,13-14H,7-12,15H2,1-2H3,(H2,28,31)(H,29,34). The topological polar surface area (TPSA) is 87.4 Å². The maximum Gasteiger partial charge on any atom is 0.251 e.